The van der Waals surface area contributed by atoms with Crippen LogP contribution in [0.4, 0.5) is 0 Å². The van der Waals surface area contributed by atoms with Crippen LogP contribution < -0.4 is 15.4 Å². The molecular formula is C22H40IN5O. The molecule has 2 unspecified atom stereocenters. The molecule has 29 heavy (non-hydrogen) atoms. The van der Waals surface area contributed by atoms with Crippen LogP contribution in [0, 0.1) is 12.8 Å². The summed E-state index contributed by atoms with van der Waals surface area (Å²) < 4.78 is 6.05. The van der Waals surface area contributed by atoms with E-state index < -0.39 is 0 Å². The highest BCUT2D eigenvalue weighted by molar-refractivity contribution is 14.0. The molecule has 2 atom stereocenters. The molecule has 0 amide bonds. The Morgan fingerprint density at radius 1 is 1.14 bits per heavy atom. The lowest BCUT2D eigenvalue weighted by Gasteiger charge is -2.33. The molecule has 1 aliphatic heterocycles. The van der Waals surface area contributed by atoms with Crippen LogP contribution in [0.15, 0.2) is 29.3 Å². The molecule has 1 aliphatic rings. The largest absolute Gasteiger partial charge is 0.489 e. The summed E-state index contributed by atoms with van der Waals surface area (Å²) in [5.41, 5.74) is 1.16. The van der Waals surface area contributed by atoms with E-state index in [1.807, 2.05) is 18.2 Å². The number of ether oxygens (including phenoxy) is 1. The number of para-hydroxylation sites is 1. The lowest BCUT2D eigenvalue weighted by molar-refractivity contribution is 0.140. The number of guanidine groups is 1. The third-order valence-corrected chi connectivity index (χ3v) is 5.05. The summed E-state index contributed by atoms with van der Waals surface area (Å²) in [6.07, 6.45) is 0.0627. The molecular weight excluding hydrogens is 477 g/mol. The molecule has 1 aromatic carbocycles. The standard InChI is InChI=1S/C22H39N5O.HI/c1-6-23-22(24-15-18(2)17-27-13-11-26(5)12-14-27)25-16-20(4)28-21-10-8-7-9-19(21)3;/h7-10,18,20H,6,11-17H2,1-5H3,(H2,23,24,25);1H. The quantitative estimate of drug-likeness (QED) is 0.300. The highest BCUT2D eigenvalue weighted by Gasteiger charge is 2.16. The van der Waals surface area contributed by atoms with Crippen LogP contribution in [0.1, 0.15) is 26.3 Å². The molecule has 1 heterocycles. The Bertz CT molecular complexity index is 605. The van der Waals surface area contributed by atoms with E-state index in [-0.39, 0.29) is 30.1 Å². The molecule has 1 aromatic rings. The Kier molecular flexibility index (Phi) is 12.6. The molecule has 0 aliphatic carbocycles. The number of halogens is 1. The van der Waals surface area contributed by atoms with Gasteiger partial charge in [-0.1, -0.05) is 25.1 Å². The van der Waals surface area contributed by atoms with E-state index >= 15 is 0 Å². The topological polar surface area (TPSA) is 52.1 Å². The van der Waals surface area contributed by atoms with Crippen LogP contribution >= 0.6 is 24.0 Å². The zero-order valence-electron chi connectivity index (χ0n) is 18.8. The molecule has 2 N–H and O–H groups in total. The van der Waals surface area contributed by atoms with E-state index in [4.69, 9.17) is 9.73 Å². The van der Waals surface area contributed by atoms with Crippen LogP contribution in [0.3, 0.4) is 0 Å². The molecule has 0 saturated carbocycles. The maximum atomic E-state index is 6.05. The van der Waals surface area contributed by atoms with Crippen LogP contribution in [-0.2, 0) is 0 Å². The first-order valence-electron chi connectivity index (χ1n) is 10.6. The molecule has 2 rings (SSSR count). The van der Waals surface area contributed by atoms with Crippen molar-refractivity contribution in [3.63, 3.8) is 0 Å². The van der Waals surface area contributed by atoms with Crippen molar-refractivity contribution in [3.8, 4) is 5.75 Å². The number of benzene rings is 1. The first-order valence-corrected chi connectivity index (χ1v) is 10.6. The number of nitrogens with one attached hydrogen (secondary N) is 2. The smallest absolute Gasteiger partial charge is 0.191 e. The van der Waals surface area contributed by atoms with Crippen molar-refractivity contribution in [1.82, 2.24) is 20.4 Å². The maximum Gasteiger partial charge on any atom is 0.191 e. The number of aryl methyl sites for hydroxylation is 1. The number of aliphatic imine (C=N–C) groups is 1. The minimum Gasteiger partial charge on any atom is -0.489 e. The lowest BCUT2D eigenvalue weighted by atomic mass is 10.1. The Morgan fingerprint density at radius 3 is 2.48 bits per heavy atom. The predicted octanol–water partition coefficient (Wildman–Crippen LogP) is 2.82. The summed E-state index contributed by atoms with van der Waals surface area (Å²) in [6.45, 7) is 16.7. The van der Waals surface area contributed by atoms with Crippen molar-refractivity contribution < 1.29 is 4.74 Å². The van der Waals surface area contributed by atoms with Crippen molar-refractivity contribution in [1.29, 1.82) is 0 Å². The number of hydrogen-bond donors (Lipinski definition) is 2. The summed E-state index contributed by atoms with van der Waals surface area (Å²) in [4.78, 5) is 9.74. The van der Waals surface area contributed by atoms with E-state index in [9.17, 15) is 0 Å². The molecule has 0 aromatic heterocycles. The Balaban J connectivity index is 0.00000420. The van der Waals surface area contributed by atoms with Crippen molar-refractivity contribution in [3.05, 3.63) is 29.8 Å². The van der Waals surface area contributed by atoms with Crippen LogP contribution in [-0.4, -0.2) is 81.3 Å². The van der Waals surface area contributed by atoms with Gasteiger partial charge in [-0.15, -0.1) is 24.0 Å². The fourth-order valence-electron chi connectivity index (χ4n) is 3.31. The van der Waals surface area contributed by atoms with E-state index in [1.54, 1.807) is 0 Å². The maximum absolute atomic E-state index is 6.05. The highest BCUT2D eigenvalue weighted by atomic mass is 127. The van der Waals surface area contributed by atoms with Gasteiger partial charge in [-0.2, -0.15) is 0 Å². The third-order valence-electron chi connectivity index (χ3n) is 5.05. The van der Waals surface area contributed by atoms with Crippen molar-refractivity contribution in [2.45, 2.75) is 33.8 Å². The van der Waals surface area contributed by atoms with E-state index in [0.717, 1.165) is 50.0 Å². The summed E-state index contributed by atoms with van der Waals surface area (Å²) >= 11 is 0. The minimum atomic E-state index is 0. The van der Waals surface area contributed by atoms with Crippen molar-refractivity contribution >= 4 is 29.9 Å². The van der Waals surface area contributed by atoms with Crippen LogP contribution in [0.5, 0.6) is 5.75 Å². The van der Waals surface area contributed by atoms with Gasteiger partial charge in [0.1, 0.15) is 11.9 Å². The summed E-state index contributed by atoms with van der Waals surface area (Å²) in [5, 5.41) is 6.76. The number of nitrogens with zero attached hydrogens (tertiary/aromatic N) is 3. The second-order valence-electron chi connectivity index (χ2n) is 8.00. The van der Waals surface area contributed by atoms with Gasteiger partial charge in [-0.3, -0.25) is 4.99 Å². The van der Waals surface area contributed by atoms with Gasteiger partial charge in [0.25, 0.3) is 0 Å². The Hall–Kier alpha value is -1.06. The third kappa shape index (κ3) is 10.00. The first-order chi connectivity index (χ1) is 13.5. The van der Waals surface area contributed by atoms with Crippen molar-refractivity contribution in [2.75, 3.05) is 59.4 Å². The zero-order valence-corrected chi connectivity index (χ0v) is 21.1. The average molecular weight is 518 g/mol. The SMILES string of the molecule is CCNC(=NCC(C)CN1CCN(C)CC1)NCC(C)Oc1ccccc1C.I. The number of piperazine rings is 1. The zero-order chi connectivity index (χ0) is 20.4. The van der Waals surface area contributed by atoms with Gasteiger partial charge < -0.3 is 25.2 Å². The van der Waals surface area contributed by atoms with Gasteiger partial charge in [0.2, 0.25) is 0 Å². The molecule has 0 spiro atoms. The fourth-order valence-corrected chi connectivity index (χ4v) is 3.31. The van der Waals surface area contributed by atoms with E-state index in [0.29, 0.717) is 12.5 Å². The Labute approximate surface area is 194 Å². The molecule has 166 valence electrons. The number of likely N-dealkylation sites (N-methyl/N-ethyl adjacent to an activating group) is 1. The van der Waals surface area contributed by atoms with Crippen LogP contribution in [0.25, 0.3) is 0 Å². The van der Waals surface area contributed by atoms with Crippen molar-refractivity contribution in [2.24, 2.45) is 10.9 Å². The molecule has 7 heteroatoms. The number of hydrogen-bond acceptors (Lipinski definition) is 4. The van der Waals surface area contributed by atoms with Gasteiger partial charge in [0, 0.05) is 45.8 Å². The van der Waals surface area contributed by atoms with Crippen LogP contribution in [0.2, 0.25) is 0 Å². The number of rotatable bonds is 9. The van der Waals surface area contributed by atoms with Gasteiger partial charge in [0.15, 0.2) is 5.96 Å². The van der Waals surface area contributed by atoms with E-state index in [1.165, 1.54) is 13.1 Å². The van der Waals surface area contributed by atoms with Gasteiger partial charge in [0.05, 0.1) is 6.54 Å². The summed E-state index contributed by atoms with van der Waals surface area (Å²) in [7, 11) is 2.20. The fraction of sp³-hybridized carbons (Fsp3) is 0.682. The molecule has 1 saturated heterocycles. The second-order valence-corrected chi connectivity index (χ2v) is 8.00. The molecule has 0 radical (unpaired) electrons. The predicted molar refractivity (Wildman–Crippen MR) is 134 cm³/mol. The minimum absolute atomic E-state index is 0. The first kappa shape index (κ1) is 26.0. The van der Waals surface area contributed by atoms with Gasteiger partial charge in [-0.25, -0.2) is 0 Å². The monoisotopic (exact) mass is 517 g/mol. The second kappa shape index (κ2) is 14.0. The highest BCUT2D eigenvalue weighted by Crippen LogP contribution is 2.17. The van der Waals surface area contributed by atoms with Gasteiger partial charge in [-0.05, 0) is 45.4 Å². The molecule has 1 fully saturated rings. The molecule has 6 nitrogen and oxygen atoms in total. The summed E-state index contributed by atoms with van der Waals surface area (Å²) in [6, 6.07) is 8.13. The average Bonchev–Trinajstić information content (AvgIpc) is 2.67. The molecule has 0 bridgehead atoms. The summed E-state index contributed by atoms with van der Waals surface area (Å²) in [5.74, 6) is 2.35. The Morgan fingerprint density at radius 2 is 1.83 bits per heavy atom. The van der Waals surface area contributed by atoms with Gasteiger partial charge >= 0.3 is 0 Å². The lowest BCUT2D eigenvalue weighted by Crippen LogP contribution is -2.46. The normalized spacial score (nSPS) is 17.9. The van der Waals surface area contributed by atoms with E-state index in [2.05, 4.69) is 61.2 Å².